The van der Waals surface area contributed by atoms with Gasteiger partial charge in [0.2, 0.25) is 0 Å². The molecule has 0 aliphatic heterocycles. The topological polar surface area (TPSA) is 72.9 Å². The quantitative estimate of drug-likeness (QED) is 0.518. The van der Waals surface area contributed by atoms with Crippen molar-refractivity contribution in [3.63, 3.8) is 0 Å². The van der Waals surface area contributed by atoms with Crippen LogP contribution in [0.3, 0.4) is 0 Å². The van der Waals surface area contributed by atoms with E-state index >= 15 is 0 Å². The molecule has 1 amide bonds. The van der Waals surface area contributed by atoms with E-state index in [2.05, 4.69) is 37.4 Å². The number of rotatable bonds is 4. The van der Waals surface area contributed by atoms with E-state index in [1.54, 1.807) is 12.1 Å². The fourth-order valence-electron chi connectivity index (χ4n) is 3.27. The van der Waals surface area contributed by atoms with Gasteiger partial charge in [0, 0.05) is 16.6 Å². The Morgan fingerprint density at radius 1 is 1.04 bits per heavy atom. The number of amides is 1. The van der Waals surface area contributed by atoms with Crippen LogP contribution in [-0.2, 0) is 6.54 Å². The van der Waals surface area contributed by atoms with Gasteiger partial charge < -0.3 is 11.1 Å². The summed E-state index contributed by atoms with van der Waals surface area (Å²) >= 11 is 0. The summed E-state index contributed by atoms with van der Waals surface area (Å²) in [7, 11) is 0. The third kappa shape index (κ3) is 3.47. The molecule has 5 nitrogen and oxygen atoms in total. The number of nitrogens with zero attached hydrogens (tertiary/aromatic N) is 2. The Bertz CT molecular complexity index is 1160. The molecule has 0 unspecified atom stereocenters. The highest BCUT2D eigenvalue weighted by molar-refractivity contribution is 6.05. The number of carbonyl (C=O) groups excluding carboxylic acids is 1. The Hall–Kier alpha value is -3.60. The number of nitrogens with two attached hydrogens (primary N) is 1. The van der Waals surface area contributed by atoms with Crippen molar-refractivity contribution >= 4 is 28.2 Å². The summed E-state index contributed by atoms with van der Waals surface area (Å²) < 4.78 is 2.00. The van der Waals surface area contributed by atoms with Crippen LogP contribution in [0.4, 0.5) is 11.4 Å². The average molecular weight is 370 g/mol. The molecule has 1 heterocycles. The number of nitrogen functional groups attached to an aromatic ring is 1. The van der Waals surface area contributed by atoms with Gasteiger partial charge in [-0.3, -0.25) is 9.48 Å². The van der Waals surface area contributed by atoms with Gasteiger partial charge >= 0.3 is 0 Å². The molecule has 3 N–H and O–H groups in total. The molecule has 0 radical (unpaired) electrons. The third-order valence-corrected chi connectivity index (χ3v) is 4.92. The number of hydrogen-bond acceptors (Lipinski definition) is 3. The van der Waals surface area contributed by atoms with Crippen LogP contribution < -0.4 is 11.1 Å². The second-order valence-corrected chi connectivity index (χ2v) is 7.00. The van der Waals surface area contributed by atoms with Crippen LogP contribution in [0, 0.1) is 13.8 Å². The van der Waals surface area contributed by atoms with Crippen molar-refractivity contribution in [2.24, 2.45) is 0 Å². The van der Waals surface area contributed by atoms with Gasteiger partial charge in [-0.25, -0.2) is 0 Å². The zero-order chi connectivity index (χ0) is 19.7. The predicted molar refractivity (Wildman–Crippen MR) is 114 cm³/mol. The van der Waals surface area contributed by atoms with E-state index in [1.165, 1.54) is 10.9 Å². The SMILES string of the molecule is Cc1ccc2c(C)n(Cc3ccc(C(=O)Nc4ccccc4N)cc3)nc2c1. The molecule has 0 spiro atoms. The highest BCUT2D eigenvalue weighted by atomic mass is 16.1. The van der Waals surface area contributed by atoms with Crippen LogP contribution in [0.5, 0.6) is 0 Å². The van der Waals surface area contributed by atoms with Gasteiger partial charge in [0.25, 0.3) is 5.91 Å². The van der Waals surface area contributed by atoms with Gasteiger partial charge in [-0.1, -0.05) is 36.4 Å². The summed E-state index contributed by atoms with van der Waals surface area (Å²) in [5.41, 5.74) is 12.1. The number of fused-ring (bicyclic) bond motifs is 1. The van der Waals surface area contributed by atoms with Crippen LogP contribution in [0.2, 0.25) is 0 Å². The number of anilines is 2. The first-order valence-corrected chi connectivity index (χ1v) is 9.20. The van der Waals surface area contributed by atoms with Crippen LogP contribution in [0.15, 0.2) is 66.7 Å². The minimum absolute atomic E-state index is 0.180. The zero-order valence-corrected chi connectivity index (χ0v) is 15.9. The summed E-state index contributed by atoms with van der Waals surface area (Å²) in [4.78, 5) is 12.5. The van der Waals surface area contributed by atoms with E-state index < -0.39 is 0 Å². The molecule has 3 aromatic carbocycles. The van der Waals surface area contributed by atoms with Gasteiger partial charge in [0.05, 0.1) is 23.4 Å². The minimum Gasteiger partial charge on any atom is -0.397 e. The van der Waals surface area contributed by atoms with Gasteiger partial charge in [0.15, 0.2) is 0 Å². The summed E-state index contributed by atoms with van der Waals surface area (Å²) in [5, 5.41) is 8.73. The van der Waals surface area contributed by atoms with E-state index in [9.17, 15) is 4.79 Å². The first kappa shape index (κ1) is 17.8. The average Bonchev–Trinajstić information content (AvgIpc) is 2.99. The van der Waals surface area contributed by atoms with Crippen molar-refractivity contribution in [1.29, 1.82) is 0 Å². The lowest BCUT2D eigenvalue weighted by atomic mass is 10.1. The Morgan fingerprint density at radius 2 is 1.79 bits per heavy atom. The predicted octanol–water partition coefficient (Wildman–Crippen LogP) is 4.54. The smallest absolute Gasteiger partial charge is 0.255 e. The molecule has 0 saturated heterocycles. The van der Waals surface area contributed by atoms with Crippen molar-refractivity contribution in [1.82, 2.24) is 9.78 Å². The Labute approximate surface area is 163 Å². The maximum atomic E-state index is 12.5. The van der Waals surface area contributed by atoms with E-state index in [-0.39, 0.29) is 5.91 Å². The zero-order valence-electron chi connectivity index (χ0n) is 15.9. The standard InChI is InChI=1S/C23H22N4O/c1-15-7-12-19-16(2)27(26-22(19)13-15)14-17-8-10-18(11-9-17)23(28)25-21-6-4-3-5-20(21)24/h3-13H,14,24H2,1-2H3,(H,25,28). The summed E-state index contributed by atoms with van der Waals surface area (Å²) in [5.74, 6) is -0.180. The molecule has 4 aromatic rings. The summed E-state index contributed by atoms with van der Waals surface area (Å²) in [6.07, 6.45) is 0. The molecule has 4 rings (SSSR count). The van der Waals surface area contributed by atoms with Crippen molar-refractivity contribution in [2.75, 3.05) is 11.1 Å². The monoisotopic (exact) mass is 370 g/mol. The molecule has 0 atom stereocenters. The number of benzene rings is 3. The van der Waals surface area contributed by atoms with Crippen molar-refractivity contribution < 1.29 is 4.79 Å². The van der Waals surface area contributed by atoms with Gasteiger partial charge in [-0.2, -0.15) is 5.10 Å². The van der Waals surface area contributed by atoms with Crippen LogP contribution in [0.25, 0.3) is 10.9 Å². The third-order valence-electron chi connectivity index (χ3n) is 4.92. The summed E-state index contributed by atoms with van der Waals surface area (Å²) in [6.45, 7) is 4.81. The number of aryl methyl sites for hydroxylation is 2. The molecule has 0 bridgehead atoms. The second-order valence-electron chi connectivity index (χ2n) is 7.00. The van der Waals surface area contributed by atoms with E-state index in [0.29, 0.717) is 23.5 Å². The molecule has 0 fully saturated rings. The van der Waals surface area contributed by atoms with Crippen LogP contribution >= 0.6 is 0 Å². The van der Waals surface area contributed by atoms with E-state index in [4.69, 9.17) is 10.8 Å². The fraction of sp³-hybridized carbons (Fsp3) is 0.130. The van der Waals surface area contributed by atoms with Gasteiger partial charge in [-0.05, 0) is 55.3 Å². The Kier molecular flexibility index (Phi) is 4.57. The van der Waals surface area contributed by atoms with Gasteiger partial charge in [-0.15, -0.1) is 0 Å². The lowest BCUT2D eigenvalue weighted by Crippen LogP contribution is -2.13. The van der Waals surface area contributed by atoms with Crippen molar-refractivity contribution in [2.45, 2.75) is 20.4 Å². The van der Waals surface area contributed by atoms with Gasteiger partial charge in [0.1, 0.15) is 0 Å². The first-order valence-electron chi connectivity index (χ1n) is 9.20. The highest BCUT2D eigenvalue weighted by Crippen LogP contribution is 2.21. The Morgan fingerprint density at radius 3 is 2.54 bits per heavy atom. The lowest BCUT2D eigenvalue weighted by molar-refractivity contribution is 0.102. The molecule has 28 heavy (non-hydrogen) atoms. The second kappa shape index (κ2) is 7.19. The molecule has 140 valence electrons. The maximum Gasteiger partial charge on any atom is 0.255 e. The maximum absolute atomic E-state index is 12.5. The Balaban J connectivity index is 1.51. The first-order chi connectivity index (χ1) is 13.5. The number of nitrogens with one attached hydrogen (secondary N) is 1. The molecule has 1 aromatic heterocycles. The van der Waals surface area contributed by atoms with Crippen molar-refractivity contribution in [3.05, 3.63) is 89.1 Å². The number of aromatic nitrogens is 2. The molecule has 5 heteroatoms. The molecular formula is C23H22N4O. The lowest BCUT2D eigenvalue weighted by Gasteiger charge is -2.09. The number of hydrogen-bond donors (Lipinski definition) is 2. The number of carbonyl (C=O) groups is 1. The van der Waals surface area contributed by atoms with Crippen molar-refractivity contribution in [3.8, 4) is 0 Å². The molecule has 0 aliphatic carbocycles. The molecule has 0 saturated carbocycles. The number of para-hydroxylation sites is 2. The largest absolute Gasteiger partial charge is 0.397 e. The van der Waals surface area contributed by atoms with Crippen LogP contribution in [0.1, 0.15) is 27.2 Å². The molecule has 0 aliphatic rings. The van der Waals surface area contributed by atoms with E-state index in [1.807, 2.05) is 41.1 Å². The summed E-state index contributed by atoms with van der Waals surface area (Å²) in [6, 6.07) is 21.1. The fourth-order valence-corrected chi connectivity index (χ4v) is 3.27. The molecular weight excluding hydrogens is 348 g/mol. The van der Waals surface area contributed by atoms with Crippen LogP contribution in [-0.4, -0.2) is 15.7 Å². The normalized spacial score (nSPS) is 10.9. The highest BCUT2D eigenvalue weighted by Gasteiger charge is 2.10. The minimum atomic E-state index is -0.180. The van der Waals surface area contributed by atoms with E-state index in [0.717, 1.165) is 16.8 Å².